The van der Waals surface area contributed by atoms with E-state index < -0.39 is 35.6 Å². The second-order valence-corrected chi connectivity index (χ2v) is 12.5. The summed E-state index contributed by atoms with van der Waals surface area (Å²) >= 11 is 0. The highest BCUT2D eigenvalue weighted by Gasteiger charge is 2.69. The number of methoxy groups -OCH3 is 1. The van der Waals surface area contributed by atoms with Gasteiger partial charge in [-0.15, -0.1) is 0 Å². The van der Waals surface area contributed by atoms with Crippen LogP contribution in [-0.2, 0) is 19.2 Å². The summed E-state index contributed by atoms with van der Waals surface area (Å²) in [7, 11) is 1.57. The van der Waals surface area contributed by atoms with Crippen molar-refractivity contribution in [2.45, 2.75) is 64.1 Å². The van der Waals surface area contributed by atoms with Gasteiger partial charge in [0.05, 0.1) is 13.2 Å². The Kier molecular flexibility index (Phi) is 6.78. The number of ether oxygens (including phenoxy) is 1. The van der Waals surface area contributed by atoms with Crippen LogP contribution in [0.3, 0.4) is 0 Å². The fourth-order valence-electron chi connectivity index (χ4n) is 6.85. The molecular weight excluding hydrogens is 526 g/mol. The van der Waals surface area contributed by atoms with Crippen LogP contribution in [0.1, 0.15) is 56.4 Å². The summed E-state index contributed by atoms with van der Waals surface area (Å²) in [6, 6.07) is 5.25. The second-order valence-electron chi connectivity index (χ2n) is 12.5. The number of hydrogen-bond acceptors (Lipinski definition) is 6. The van der Waals surface area contributed by atoms with Crippen molar-refractivity contribution in [3.63, 3.8) is 0 Å². The third-order valence-corrected chi connectivity index (χ3v) is 9.50. The Morgan fingerprint density at radius 1 is 1.17 bits per heavy atom. The van der Waals surface area contributed by atoms with Crippen LogP contribution in [0.15, 0.2) is 24.3 Å². The average Bonchev–Trinajstić information content (AvgIpc) is 3.70. The molecule has 0 radical (unpaired) electrons. The maximum absolute atomic E-state index is 14.0. The van der Waals surface area contributed by atoms with Gasteiger partial charge in [0.15, 0.2) is 0 Å². The predicted molar refractivity (Wildman–Crippen MR) is 149 cm³/mol. The first kappa shape index (κ1) is 27.3. The van der Waals surface area contributed by atoms with Gasteiger partial charge in [0.1, 0.15) is 17.5 Å². The number of amides is 4. The zero-order chi connectivity index (χ0) is 29.1. The Balaban J connectivity index is 1.25. The largest absolute Gasteiger partial charge is 0.496 e. The zero-order valence-electron chi connectivity index (χ0n) is 23.6. The molecule has 41 heavy (non-hydrogen) atoms. The molecule has 1 aromatic carbocycles. The Hall–Kier alpha value is -3.89. The minimum atomic E-state index is -1.16. The Bertz CT molecular complexity index is 1430. The minimum Gasteiger partial charge on any atom is -0.496 e. The molecule has 4 N–H and O–H groups in total. The standard InChI is InChI=1S/C30H37N5O6/c1-30(2)18-14-35(29(40)21-13-17-19(33-21)7-4-8-22(17)41-3)24(23(18)30)27(38)34-20(12-15-6-5-11-31-26(15)37)25(36)28(39)32-16-9-10-16/h4,7-8,13,15-16,18,20,23-24,33H,5-6,9-12,14H2,1-3H3,(H,31,37)(H,32,39)(H,34,38). The van der Waals surface area contributed by atoms with Crippen LogP contribution in [0.25, 0.3) is 10.9 Å². The molecule has 4 fully saturated rings. The number of ketones is 1. The molecule has 0 spiro atoms. The van der Waals surface area contributed by atoms with Crippen molar-refractivity contribution in [1.29, 1.82) is 0 Å². The Morgan fingerprint density at radius 2 is 1.95 bits per heavy atom. The Morgan fingerprint density at radius 3 is 2.66 bits per heavy atom. The normalized spacial score (nSPS) is 27.0. The SMILES string of the molecule is COc1cccc2[nH]c(C(=O)N3CC4C(C3C(=O)NC(CC3CCCNC3=O)C(=O)C(=O)NC3CC3)C4(C)C)cc12. The molecule has 0 bridgehead atoms. The maximum atomic E-state index is 14.0. The van der Waals surface area contributed by atoms with Gasteiger partial charge in [-0.25, -0.2) is 0 Å². The van der Waals surface area contributed by atoms with Gasteiger partial charge in [-0.3, -0.25) is 24.0 Å². The number of nitrogens with one attached hydrogen (secondary N) is 4. The molecule has 6 rings (SSSR count). The molecule has 4 amide bonds. The monoisotopic (exact) mass is 563 g/mol. The quantitative estimate of drug-likeness (QED) is 0.340. The molecular formula is C30H37N5O6. The van der Waals surface area contributed by atoms with E-state index in [-0.39, 0.29) is 41.5 Å². The summed E-state index contributed by atoms with van der Waals surface area (Å²) in [5.74, 6) is -2.27. The average molecular weight is 564 g/mol. The van der Waals surface area contributed by atoms with Crippen LogP contribution >= 0.6 is 0 Å². The highest BCUT2D eigenvalue weighted by molar-refractivity contribution is 6.38. The summed E-state index contributed by atoms with van der Waals surface area (Å²) in [4.78, 5) is 71.1. The molecule has 2 aliphatic heterocycles. The van der Waals surface area contributed by atoms with E-state index in [9.17, 15) is 24.0 Å². The molecule has 11 heteroatoms. The smallest absolute Gasteiger partial charge is 0.289 e. The van der Waals surface area contributed by atoms with Gasteiger partial charge >= 0.3 is 0 Å². The van der Waals surface area contributed by atoms with E-state index in [2.05, 4.69) is 34.8 Å². The van der Waals surface area contributed by atoms with E-state index in [0.717, 1.165) is 30.2 Å². The predicted octanol–water partition coefficient (Wildman–Crippen LogP) is 1.52. The van der Waals surface area contributed by atoms with Crippen LogP contribution in [0.4, 0.5) is 0 Å². The first-order valence-corrected chi connectivity index (χ1v) is 14.5. The van der Waals surface area contributed by atoms with E-state index in [1.165, 1.54) is 0 Å². The lowest BCUT2D eigenvalue weighted by molar-refractivity contribution is -0.141. The van der Waals surface area contributed by atoms with Crippen LogP contribution in [0.2, 0.25) is 0 Å². The first-order chi connectivity index (χ1) is 19.6. The molecule has 5 atom stereocenters. The number of piperidine rings is 2. The number of benzene rings is 1. The molecule has 2 saturated heterocycles. The molecule has 5 unspecified atom stereocenters. The minimum absolute atomic E-state index is 0.0216. The van der Waals surface area contributed by atoms with E-state index in [1.807, 2.05) is 18.2 Å². The molecule has 2 saturated carbocycles. The first-order valence-electron chi connectivity index (χ1n) is 14.5. The highest BCUT2D eigenvalue weighted by Crippen LogP contribution is 2.65. The molecule has 1 aromatic heterocycles. The summed E-state index contributed by atoms with van der Waals surface area (Å²) in [6.07, 6.45) is 3.01. The number of fused-ring (bicyclic) bond motifs is 2. The fraction of sp³-hybridized carbons (Fsp3) is 0.567. The zero-order valence-corrected chi connectivity index (χ0v) is 23.6. The summed E-state index contributed by atoms with van der Waals surface area (Å²) in [6.45, 7) is 5.14. The number of carbonyl (C=O) groups is 5. The highest BCUT2D eigenvalue weighted by atomic mass is 16.5. The molecule has 4 aliphatic rings. The van der Waals surface area contributed by atoms with Crippen molar-refractivity contribution < 1.29 is 28.7 Å². The number of rotatable bonds is 9. The van der Waals surface area contributed by atoms with Crippen molar-refractivity contribution in [2.75, 3.05) is 20.2 Å². The summed E-state index contributed by atoms with van der Waals surface area (Å²) < 4.78 is 5.44. The lowest BCUT2D eigenvalue weighted by Gasteiger charge is -2.32. The number of aromatic nitrogens is 1. The summed E-state index contributed by atoms with van der Waals surface area (Å²) in [5.41, 5.74) is 0.947. The lowest BCUT2D eigenvalue weighted by atomic mass is 9.89. The van der Waals surface area contributed by atoms with Gasteiger partial charge < -0.3 is 30.6 Å². The van der Waals surface area contributed by atoms with Crippen LogP contribution in [-0.4, -0.2) is 77.6 Å². The third-order valence-electron chi connectivity index (χ3n) is 9.50. The maximum Gasteiger partial charge on any atom is 0.289 e. The van der Waals surface area contributed by atoms with Crippen LogP contribution < -0.4 is 20.7 Å². The van der Waals surface area contributed by atoms with Gasteiger partial charge in [-0.2, -0.15) is 0 Å². The second kappa shape index (κ2) is 10.2. The van der Waals surface area contributed by atoms with Gasteiger partial charge in [0.25, 0.3) is 11.8 Å². The summed E-state index contributed by atoms with van der Waals surface area (Å²) in [5, 5.41) is 9.11. The van der Waals surface area contributed by atoms with Gasteiger partial charge in [0.2, 0.25) is 17.6 Å². The van der Waals surface area contributed by atoms with Gasteiger partial charge in [-0.1, -0.05) is 19.9 Å². The van der Waals surface area contributed by atoms with Crippen molar-refractivity contribution in [2.24, 2.45) is 23.2 Å². The number of likely N-dealkylation sites (tertiary alicyclic amines) is 1. The van der Waals surface area contributed by atoms with Crippen molar-refractivity contribution in [3.05, 3.63) is 30.0 Å². The fourth-order valence-corrected chi connectivity index (χ4v) is 6.85. The van der Waals surface area contributed by atoms with E-state index in [0.29, 0.717) is 31.0 Å². The van der Waals surface area contributed by atoms with Gasteiger partial charge in [-0.05, 0) is 67.6 Å². The number of H-pyrrole nitrogens is 1. The molecule has 218 valence electrons. The third kappa shape index (κ3) is 4.95. The lowest BCUT2D eigenvalue weighted by Crippen LogP contribution is -2.56. The van der Waals surface area contributed by atoms with Crippen molar-refractivity contribution in [1.82, 2.24) is 25.8 Å². The molecule has 3 heterocycles. The number of nitrogens with zero attached hydrogens (tertiary/aromatic N) is 1. The van der Waals surface area contributed by atoms with Crippen molar-refractivity contribution in [3.8, 4) is 5.75 Å². The van der Waals surface area contributed by atoms with E-state index in [1.54, 1.807) is 18.1 Å². The number of Topliss-reactive ketones (excluding diaryl/α,β-unsaturated/α-hetero) is 1. The van der Waals surface area contributed by atoms with E-state index in [4.69, 9.17) is 4.74 Å². The number of hydrogen-bond donors (Lipinski definition) is 4. The molecule has 11 nitrogen and oxygen atoms in total. The van der Waals surface area contributed by atoms with E-state index >= 15 is 0 Å². The topological polar surface area (TPSA) is 150 Å². The molecule has 2 aliphatic carbocycles. The van der Waals surface area contributed by atoms with Gasteiger partial charge in [0, 0.05) is 36.0 Å². The van der Waals surface area contributed by atoms with Crippen LogP contribution in [0, 0.1) is 23.2 Å². The van der Waals surface area contributed by atoms with Crippen LogP contribution in [0.5, 0.6) is 5.75 Å². The molecule has 2 aromatic rings. The van der Waals surface area contributed by atoms with Crippen molar-refractivity contribution >= 4 is 40.3 Å². The number of carbonyl (C=O) groups excluding carboxylic acids is 5. The Labute approximate surface area is 238 Å². The number of aromatic amines is 1.